The van der Waals surface area contributed by atoms with E-state index in [4.69, 9.17) is 27.9 Å². The summed E-state index contributed by atoms with van der Waals surface area (Å²) in [6.45, 7) is -0.271. The summed E-state index contributed by atoms with van der Waals surface area (Å²) < 4.78 is 5.48. The van der Waals surface area contributed by atoms with Crippen molar-refractivity contribution in [3.8, 4) is 11.8 Å². The zero-order chi connectivity index (χ0) is 23.1. The van der Waals surface area contributed by atoms with E-state index in [2.05, 4.69) is 11.4 Å². The van der Waals surface area contributed by atoms with Crippen LogP contribution in [0.5, 0.6) is 5.75 Å². The number of ether oxygens (including phenoxy) is 1. The predicted molar refractivity (Wildman–Crippen MR) is 124 cm³/mol. The van der Waals surface area contributed by atoms with Gasteiger partial charge in [-0.1, -0.05) is 41.4 Å². The minimum Gasteiger partial charge on any atom is -0.482 e. The molecule has 0 radical (unpaired) electrons. The molecule has 160 valence electrons. The average molecular weight is 468 g/mol. The number of non-ortho nitro benzene ring substituents is 1. The first-order valence-electron chi connectivity index (χ1n) is 9.20. The van der Waals surface area contributed by atoms with Gasteiger partial charge in [0.15, 0.2) is 6.61 Å². The highest BCUT2D eigenvalue weighted by molar-refractivity contribution is 6.33. The first-order valence-corrected chi connectivity index (χ1v) is 9.96. The number of nitrogens with zero attached hydrogens (tertiary/aromatic N) is 2. The zero-order valence-corrected chi connectivity index (χ0v) is 17.9. The van der Waals surface area contributed by atoms with Gasteiger partial charge < -0.3 is 10.1 Å². The molecule has 0 atom stereocenters. The third-order valence-corrected chi connectivity index (χ3v) is 4.91. The summed E-state index contributed by atoms with van der Waals surface area (Å²) in [7, 11) is 0. The second-order valence-corrected chi connectivity index (χ2v) is 7.29. The van der Waals surface area contributed by atoms with Crippen molar-refractivity contribution in [3.05, 3.63) is 98.0 Å². The molecule has 3 aromatic carbocycles. The van der Waals surface area contributed by atoms with Crippen LogP contribution in [0.25, 0.3) is 11.6 Å². The quantitative estimate of drug-likeness (QED) is 0.199. The molecule has 0 aliphatic carbocycles. The first-order chi connectivity index (χ1) is 15.4. The van der Waals surface area contributed by atoms with E-state index in [0.29, 0.717) is 33.2 Å². The number of nitro benzene ring substituents is 1. The molecule has 1 N–H and O–H groups in total. The number of nitro groups is 1. The normalized spacial score (nSPS) is 10.8. The summed E-state index contributed by atoms with van der Waals surface area (Å²) in [5.74, 6) is -0.102. The van der Waals surface area contributed by atoms with Crippen molar-refractivity contribution in [3.63, 3.8) is 0 Å². The highest BCUT2D eigenvalue weighted by Crippen LogP contribution is 2.28. The smallest absolute Gasteiger partial charge is 0.269 e. The van der Waals surface area contributed by atoms with E-state index in [1.807, 2.05) is 0 Å². The fourth-order valence-corrected chi connectivity index (χ4v) is 3.15. The van der Waals surface area contributed by atoms with Gasteiger partial charge in [-0.25, -0.2) is 0 Å². The highest BCUT2D eigenvalue weighted by atomic mass is 35.5. The monoisotopic (exact) mass is 467 g/mol. The molecule has 0 saturated heterocycles. The van der Waals surface area contributed by atoms with Crippen molar-refractivity contribution in [1.29, 1.82) is 5.26 Å². The molecule has 7 nitrogen and oxygen atoms in total. The number of rotatable bonds is 7. The van der Waals surface area contributed by atoms with E-state index in [9.17, 15) is 20.2 Å². The SMILES string of the molecule is N#C/C(=C\c1ccc(OCC(=O)Nc2ccccc2Cl)c(Cl)c1)c1ccc([N+](=O)[O-])cc1. The van der Waals surface area contributed by atoms with Gasteiger partial charge in [-0.2, -0.15) is 5.26 Å². The summed E-state index contributed by atoms with van der Waals surface area (Å²) in [5.41, 5.74) is 1.88. The molecule has 0 aliphatic rings. The van der Waals surface area contributed by atoms with Crippen LogP contribution in [0.15, 0.2) is 66.7 Å². The lowest BCUT2D eigenvalue weighted by Gasteiger charge is -2.10. The number of amides is 1. The van der Waals surface area contributed by atoms with Gasteiger partial charge in [0.25, 0.3) is 11.6 Å². The van der Waals surface area contributed by atoms with Gasteiger partial charge in [0.2, 0.25) is 0 Å². The molecule has 0 heterocycles. The number of allylic oxidation sites excluding steroid dienone is 1. The van der Waals surface area contributed by atoms with Crippen LogP contribution >= 0.6 is 23.2 Å². The second-order valence-electron chi connectivity index (χ2n) is 6.48. The van der Waals surface area contributed by atoms with Crippen LogP contribution in [0.4, 0.5) is 11.4 Å². The van der Waals surface area contributed by atoms with E-state index in [0.717, 1.165) is 0 Å². The molecular weight excluding hydrogens is 453 g/mol. The number of para-hydroxylation sites is 1. The van der Waals surface area contributed by atoms with Crippen LogP contribution in [-0.2, 0) is 4.79 Å². The van der Waals surface area contributed by atoms with Crippen LogP contribution in [-0.4, -0.2) is 17.4 Å². The lowest BCUT2D eigenvalue weighted by molar-refractivity contribution is -0.384. The number of hydrogen-bond acceptors (Lipinski definition) is 5. The molecule has 0 aliphatic heterocycles. The third-order valence-electron chi connectivity index (χ3n) is 4.28. The molecule has 0 aromatic heterocycles. The number of carbonyl (C=O) groups excluding carboxylic acids is 1. The second kappa shape index (κ2) is 10.4. The Morgan fingerprint density at radius 1 is 1.09 bits per heavy atom. The molecule has 32 heavy (non-hydrogen) atoms. The molecular formula is C23H15Cl2N3O4. The van der Waals surface area contributed by atoms with E-state index < -0.39 is 10.8 Å². The molecule has 3 aromatic rings. The molecule has 1 amide bonds. The topological polar surface area (TPSA) is 105 Å². The van der Waals surface area contributed by atoms with Crippen molar-refractivity contribution < 1.29 is 14.5 Å². The maximum Gasteiger partial charge on any atom is 0.269 e. The number of benzene rings is 3. The van der Waals surface area contributed by atoms with Crippen molar-refractivity contribution in [2.24, 2.45) is 0 Å². The average Bonchev–Trinajstić information content (AvgIpc) is 2.78. The van der Waals surface area contributed by atoms with E-state index in [1.165, 1.54) is 24.3 Å². The summed E-state index contributed by atoms with van der Waals surface area (Å²) in [6.07, 6.45) is 1.60. The Labute approximate surface area is 193 Å². The van der Waals surface area contributed by atoms with E-state index >= 15 is 0 Å². The van der Waals surface area contributed by atoms with Crippen LogP contribution in [0.2, 0.25) is 10.0 Å². The van der Waals surface area contributed by atoms with Crippen LogP contribution in [0.3, 0.4) is 0 Å². The van der Waals surface area contributed by atoms with Crippen molar-refractivity contribution in [2.75, 3.05) is 11.9 Å². The Bertz CT molecular complexity index is 1230. The van der Waals surface area contributed by atoms with E-state index in [-0.39, 0.29) is 17.3 Å². The summed E-state index contributed by atoms with van der Waals surface area (Å²) in [6, 6.07) is 19.4. The van der Waals surface area contributed by atoms with Gasteiger partial charge in [-0.05, 0) is 53.6 Å². The molecule has 3 rings (SSSR count). The number of nitriles is 1. The zero-order valence-electron chi connectivity index (χ0n) is 16.4. The van der Waals surface area contributed by atoms with Crippen LogP contribution in [0.1, 0.15) is 11.1 Å². The van der Waals surface area contributed by atoms with Crippen LogP contribution < -0.4 is 10.1 Å². The lowest BCUT2D eigenvalue weighted by atomic mass is 10.0. The number of hydrogen-bond donors (Lipinski definition) is 1. The molecule has 0 unspecified atom stereocenters. The molecule has 9 heteroatoms. The Morgan fingerprint density at radius 2 is 1.81 bits per heavy atom. The van der Waals surface area contributed by atoms with Crippen molar-refractivity contribution >= 4 is 52.1 Å². The molecule has 0 bridgehead atoms. The Kier molecular flexibility index (Phi) is 7.45. The fraction of sp³-hybridized carbons (Fsp3) is 0.0435. The molecule has 0 fully saturated rings. The van der Waals surface area contributed by atoms with Gasteiger partial charge in [0.1, 0.15) is 5.75 Å². The third kappa shape index (κ3) is 5.85. The van der Waals surface area contributed by atoms with Gasteiger partial charge in [0.05, 0.1) is 32.3 Å². The number of carbonyl (C=O) groups is 1. The Morgan fingerprint density at radius 3 is 2.44 bits per heavy atom. The fourth-order valence-electron chi connectivity index (χ4n) is 2.73. The molecule has 0 saturated carbocycles. The van der Waals surface area contributed by atoms with Gasteiger partial charge in [-0.15, -0.1) is 0 Å². The minimum atomic E-state index is -0.507. The number of nitrogens with one attached hydrogen (secondary N) is 1. The summed E-state index contributed by atoms with van der Waals surface area (Å²) in [5, 5.41) is 23.6. The standard InChI is InChI=1S/C23H15Cl2N3O4/c24-19-3-1-2-4-21(19)27-23(29)14-32-22-10-5-15(12-20(22)25)11-17(13-26)16-6-8-18(9-7-16)28(30)31/h1-12H,14H2,(H,27,29)/b17-11+. The van der Waals surface area contributed by atoms with Crippen LogP contribution in [0, 0.1) is 21.4 Å². The minimum absolute atomic E-state index is 0.0610. The summed E-state index contributed by atoms with van der Waals surface area (Å²) >= 11 is 12.3. The Balaban J connectivity index is 1.68. The molecule has 0 spiro atoms. The van der Waals surface area contributed by atoms with Crippen molar-refractivity contribution in [1.82, 2.24) is 0 Å². The lowest BCUT2D eigenvalue weighted by Crippen LogP contribution is -2.20. The summed E-state index contributed by atoms with van der Waals surface area (Å²) in [4.78, 5) is 22.4. The van der Waals surface area contributed by atoms with Gasteiger partial charge >= 0.3 is 0 Å². The maximum absolute atomic E-state index is 12.1. The first kappa shape index (κ1) is 22.8. The van der Waals surface area contributed by atoms with Gasteiger partial charge in [0, 0.05) is 12.1 Å². The maximum atomic E-state index is 12.1. The van der Waals surface area contributed by atoms with Crippen molar-refractivity contribution in [2.45, 2.75) is 0 Å². The highest BCUT2D eigenvalue weighted by Gasteiger charge is 2.10. The largest absolute Gasteiger partial charge is 0.482 e. The predicted octanol–water partition coefficient (Wildman–Crippen LogP) is 5.98. The van der Waals surface area contributed by atoms with E-state index in [1.54, 1.807) is 48.5 Å². The van der Waals surface area contributed by atoms with Gasteiger partial charge in [-0.3, -0.25) is 14.9 Å². The number of halogens is 2. The number of anilines is 1. The Hall–Kier alpha value is -3.86.